The number of piperidine rings is 1. The molecule has 1 aliphatic carbocycles. The second-order valence-corrected chi connectivity index (χ2v) is 8.53. The van der Waals surface area contributed by atoms with Crippen LogP contribution < -0.4 is 15.2 Å². The van der Waals surface area contributed by atoms with Gasteiger partial charge >= 0.3 is 0 Å². The van der Waals surface area contributed by atoms with Gasteiger partial charge in [-0.05, 0) is 68.4 Å². The molecular formula is C23H27N3O3. The van der Waals surface area contributed by atoms with E-state index in [9.17, 15) is 4.79 Å². The van der Waals surface area contributed by atoms with Gasteiger partial charge in [0.15, 0.2) is 0 Å². The molecule has 0 atom stereocenters. The van der Waals surface area contributed by atoms with Crippen LogP contribution in [0.5, 0.6) is 17.4 Å². The summed E-state index contributed by atoms with van der Waals surface area (Å²) < 4.78 is 12.4. The number of pyridine rings is 1. The molecule has 1 amide bonds. The molecule has 1 saturated heterocycles. The van der Waals surface area contributed by atoms with E-state index in [0.717, 1.165) is 56.3 Å². The van der Waals surface area contributed by atoms with Gasteiger partial charge in [-0.1, -0.05) is 6.42 Å². The van der Waals surface area contributed by atoms with Crippen LogP contribution in [-0.4, -0.2) is 40.5 Å². The first-order valence-corrected chi connectivity index (χ1v) is 10.6. The lowest BCUT2D eigenvalue weighted by Gasteiger charge is -2.48. The molecule has 5 rings (SSSR count). The fraction of sp³-hybridized carbons (Fsp3) is 0.478. The van der Waals surface area contributed by atoms with E-state index in [1.54, 1.807) is 12.1 Å². The SMILES string of the molecule is NC(=O)c1ccc(Oc2ccc3c(c2)CCC2(CCN(C4CCC4)CC2)O3)nc1. The molecule has 6 nitrogen and oxygen atoms in total. The van der Waals surface area contributed by atoms with E-state index >= 15 is 0 Å². The number of carbonyl (C=O) groups is 1. The highest BCUT2D eigenvalue weighted by Gasteiger charge is 2.41. The van der Waals surface area contributed by atoms with Gasteiger partial charge in [-0.15, -0.1) is 0 Å². The third-order valence-electron chi connectivity index (χ3n) is 6.75. The predicted molar refractivity (Wildman–Crippen MR) is 109 cm³/mol. The molecule has 6 heteroatoms. The molecule has 0 radical (unpaired) electrons. The average molecular weight is 393 g/mol. The molecule has 3 aliphatic rings. The van der Waals surface area contributed by atoms with Crippen molar-refractivity contribution in [2.45, 2.75) is 56.6 Å². The Kier molecular flexibility index (Phi) is 4.66. The molecule has 2 aliphatic heterocycles. The lowest BCUT2D eigenvalue weighted by atomic mass is 9.81. The van der Waals surface area contributed by atoms with E-state index in [4.69, 9.17) is 15.2 Å². The number of fused-ring (bicyclic) bond motifs is 1. The lowest BCUT2D eigenvalue weighted by molar-refractivity contribution is -0.0337. The first-order valence-electron chi connectivity index (χ1n) is 10.6. The second-order valence-electron chi connectivity index (χ2n) is 8.53. The van der Waals surface area contributed by atoms with Gasteiger partial charge in [0.2, 0.25) is 11.8 Å². The maximum Gasteiger partial charge on any atom is 0.250 e. The Morgan fingerprint density at radius 3 is 2.66 bits per heavy atom. The van der Waals surface area contributed by atoms with Gasteiger partial charge in [0.1, 0.15) is 17.1 Å². The van der Waals surface area contributed by atoms with Crippen LogP contribution in [0.2, 0.25) is 0 Å². The maximum absolute atomic E-state index is 11.2. The summed E-state index contributed by atoms with van der Waals surface area (Å²) in [6.45, 7) is 2.32. The van der Waals surface area contributed by atoms with Crippen molar-refractivity contribution in [3.63, 3.8) is 0 Å². The highest BCUT2D eigenvalue weighted by atomic mass is 16.5. The van der Waals surface area contributed by atoms with Crippen LogP contribution in [0.1, 0.15) is 54.4 Å². The van der Waals surface area contributed by atoms with E-state index in [1.807, 2.05) is 18.2 Å². The number of amides is 1. The largest absolute Gasteiger partial charge is 0.487 e. The minimum atomic E-state index is -0.498. The Labute approximate surface area is 171 Å². The van der Waals surface area contributed by atoms with Crippen LogP contribution in [0.3, 0.4) is 0 Å². The van der Waals surface area contributed by atoms with Crippen molar-refractivity contribution < 1.29 is 14.3 Å². The number of aromatic nitrogens is 1. The summed E-state index contributed by atoms with van der Waals surface area (Å²) in [6.07, 6.45) is 9.88. The number of hydrogen-bond acceptors (Lipinski definition) is 5. The molecule has 29 heavy (non-hydrogen) atoms. The van der Waals surface area contributed by atoms with Gasteiger partial charge in [-0.25, -0.2) is 4.98 Å². The molecule has 2 N–H and O–H groups in total. The van der Waals surface area contributed by atoms with Gasteiger partial charge < -0.3 is 20.1 Å². The first kappa shape index (κ1) is 18.4. The Balaban J connectivity index is 1.24. The lowest BCUT2D eigenvalue weighted by Crippen LogP contribution is -2.53. The van der Waals surface area contributed by atoms with E-state index in [1.165, 1.54) is 31.0 Å². The van der Waals surface area contributed by atoms with Crippen molar-refractivity contribution in [2.75, 3.05) is 13.1 Å². The third kappa shape index (κ3) is 3.69. The number of nitrogens with two attached hydrogens (primary N) is 1. The highest BCUT2D eigenvalue weighted by molar-refractivity contribution is 5.92. The van der Waals surface area contributed by atoms with Crippen molar-refractivity contribution in [2.24, 2.45) is 5.73 Å². The molecular weight excluding hydrogens is 366 g/mol. The van der Waals surface area contributed by atoms with Gasteiger partial charge in [0, 0.05) is 31.4 Å². The number of carbonyl (C=O) groups excluding carboxylic acids is 1. The minimum absolute atomic E-state index is 0.00175. The molecule has 0 bridgehead atoms. The summed E-state index contributed by atoms with van der Waals surface area (Å²) in [4.78, 5) is 18.0. The highest BCUT2D eigenvalue weighted by Crippen LogP contribution is 2.42. The number of likely N-dealkylation sites (tertiary alicyclic amines) is 1. The van der Waals surface area contributed by atoms with E-state index in [0.29, 0.717) is 11.4 Å². The zero-order valence-electron chi connectivity index (χ0n) is 16.6. The van der Waals surface area contributed by atoms with Gasteiger partial charge in [-0.3, -0.25) is 4.79 Å². The number of rotatable bonds is 4. The summed E-state index contributed by atoms with van der Waals surface area (Å²) in [7, 11) is 0. The monoisotopic (exact) mass is 393 g/mol. The minimum Gasteiger partial charge on any atom is -0.487 e. The van der Waals surface area contributed by atoms with Crippen molar-refractivity contribution >= 4 is 5.91 Å². The van der Waals surface area contributed by atoms with Crippen LogP contribution in [0.25, 0.3) is 0 Å². The van der Waals surface area contributed by atoms with Gasteiger partial charge in [0.25, 0.3) is 0 Å². The van der Waals surface area contributed by atoms with Crippen molar-refractivity contribution in [3.8, 4) is 17.4 Å². The Hall–Kier alpha value is -2.60. The van der Waals surface area contributed by atoms with Crippen LogP contribution in [-0.2, 0) is 6.42 Å². The summed E-state index contributed by atoms with van der Waals surface area (Å²) in [5.41, 5.74) is 6.80. The molecule has 1 aromatic heterocycles. The fourth-order valence-electron chi connectivity index (χ4n) is 4.67. The summed E-state index contributed by atoms with van der Waals surface area (Å²) in [6, 6.07) is 10.1. The summed E-state index contributed by atoms with van der Waals surface area (Å²) >= 11 is 0. The molecule has 1 spiro atoms. The molecule has 2 aromatic rings. The van der Waals surface area contributed by atoms with E-state index < -0.39 is 5.91 Å². The molecule has 1 aromatic carbocycles. The van der Waals surface area contributed by atoms with Crippen LogP contribution >= 0.6 is 0 Å². The third-order valence-corrected chi connectivity index (χ3v) is 6.75. The van der Waals surface area contributed by atoms with Crippen LogP contribution in [0.15, 0.2) is 36.5 Å². The van der Waals surface area contributed by atoms with Gasteiger partial charge in [-0.2, -0.15) is 0 Å². The standard InChI is InChI=1S/C23H27N3O3/c24-22(27)17-4-7-21(25-15-17)28-19-5-6-20-16(14-19)8-9-23(29-20)10-12-26(13-11-23)18-2-1-3-18/h4-7,14-15,18H,1-3,8-13H2,(H2,24,27). The maximum atomic E-state index is 11.2. The number of primary amides is 1. The molecule has 1 saturated carbocycles. The number of hydrogen-bond donors (Lipinski definition) is 1. The zero-order chi connectivity index (χ0) is 19.8. The topological polar surface area (TPSA) is 77.7 Å². The number of ether oxygens (including phenoxy) is 2. The van der Waals surface area contributed by atoms with Crippen LogP contribution in [0, 0.1) is 0 Å². The van der Waals surface area contributed by atoms with E-state index in [2.05, 4.69) is 9.88 Å². The Morgan fingerprint density at radius 2 is 2.00 bits per heavy atom. The molecule has 0 unspecified atom stereocenters. The Morgan fingerprint density at radius 1 is 1.17 bits per heavy atom. The van der Waals surface area contributed by atoms with Crippen molar-refractivity contribution in [3.05, 3.63) is 47.7 Å². The second kappa shape index (κ2) is 7.34. The number of nitrogens with zero attached hydrogens (tertiary/aromatic N) is 2. The Bertz CT molecular complexity index is 900. The first-order chi connectivity index (χ1) is 14.1. The predicted octanol–water partition coefficient (Wildman–Crippen LogP) is 3.68. The van der Waals surface area contributed by atoms with E-state index in [-0.39, 0.29) is 5.60 Å². The summed E-state index contributed by atoms with van der Waals surface area (Å²) in [5, 5.41) is 0. The molecule has 152 valence electrons. The molecule has 2 fully saturated rings. The van der Waals surface area contributed by atoms with Crippen LogP contribution in [0.4, 0.5) is 0 Å². The van der Waals surface area contributed by atoms with Crippen molar-refractivity contribution in [1.29, 1.82) is 0 Å². The smallest absolute Gasteiger partial charge is 0.250 e. The number of aryl methyl sites for hydroxylation is 1. The van der Waals surface area contributed by atoms with Crippen molar-refractivity contribution in [1.82, 2.24) is 9.88 Å². The number of benzene rings is 1. The zero-order valence-corrected chi connectivity index (χ0v) is 16.6. The normalized spacial score (nSPS) is 21.1. The fourth-order valence-corrected chi connectivity index (χ4v) is 4.67. The molecule has 3 heterocycles. The van der Waals surface area contributed by atoms with Gasteiger partial charge in [0.05, 0.1) is 5.56 Å². The quantitative estimate of drug-likeness (QED) is 0.857. The average Bonchev–Trinajstić information content (AvgIpc) is 2.69. The summed E-state index contributed by atoms with van der Waals surface area (Å²) in [5.74, 6) is 1.65.